The van der Waals surface area contributed by atoms with Gasteiger partial charge in [0, 0.05) is 11.6 Å². The predicted octanol–water partition coefficient (Wildman–Crippen LogP) is 3.41. The number of imidazole rings is 1. The number of nitrogens with one attached hydrogen (secondary N) is 1. The Labute approximate surface area is 139 Å². The molecule has 0 radical (unpaired) electrons. The van der Waals surface area contributed by atoms with Gasteiger partial charge in [0.25, 0.3) is 5.91 Å². The van der Waals surface area contributed by atoms with E-state index in [-0.39, 0.29) is 5.91 Å². The number of nitrogens with zero attached hydrogens (tertiary/aromatic N) is 2. The minimum atomic E-state index is -0.311. The normalized spacial score (nSPS) is 15.7. The number of furan rings is 1. The molecule has 124 valence electrons. The van der Waals surface area contributed by atoms with Gasteiger partial charge in [-0.1, -0.05) is 19.3 Å². The number of nitrogens with two attached hydrogens (primary N) is 1. The zero-order valence-corrected chi connectivity index (χ0v) is 13.4. The molecule has 1 fully saturated rings. The summed E-state index contributed by atoms with van der Waals surface area (Å²) in [6, 6.07) is 7.91. The summed E-state index contributed by atoms with van der Waals surface area (Å²) >= 11 is 0. The first-order valence-corrected chi connectivity index (χ1v) is 8.33. The van der Waals surface area contributed by atoms with Crippen molar-refractivity contribution in [2.75, 3.05) is 0 Å². The molecule has 1 saturated carbocycles. The Kier molecular flexibility index (Phi) is 3.82. The van der Waals surface area contributed by atoms with Crippen molar-refractivity contribution >= 4 is 16.9 Å². The number of hydrogen-bond acceptors (Lipinski definition) is 4. The Morgan fingerprint density at radius 1 is 1.25 bits per heavy atom. The third-order valence-electron chi connectivity index (χ3n) is 4.80. The van der Waals surface area contributed by atoms with Crippen molar-refractivity contribution in [3.05, 3.63) is 42.4 Å². The van der Waals surface area contributed by atoms with Gasteiger partial charge in [0.2, 0.25) is 0 Å². The van der Waals surface area contributed by atoms with E-state index in [4.69, 9.17) is 15.2 Å². The van der Waals surface area contributed by atoms with E-state index in [1.807, 2.05) is 12.1 Å². The van der Waals surface area contributed by atoms with Crippen LogP contribution in [0.2, 0.25) is 0 Å². The topological polar surface area (TPSA) is 86.1 Å². The number of rotatable bonds is 3. The van der Waals surface area contributed by atoms with E-state index in [0.717, 1.165) is 35.3 Å². The molecule has 3 aromatic rings. The summed E-state index contributed by atoms with van der Waals surface area (Å²) in [5.41, 5.74) is 5.49. The number of hydrogen-bond donors (Lipinski definition) is 2. The average molecular weight is 324 g/mol. The summed E-state index contributed by atoms with van der Waals surface area (Å²) in [5, 5.41) is 0. The van der Waals surface area contributed by atoms with E-state index in [9.17, 15) is 4.79 Å². The molecule has 2 heterocycles. The Morgan fingerprint density at radius 3 is 2.79 bits per heavy atom. The van der Waals surface area contributed by atoms with Gasteiger partial charge in [0.1, 0.15) is 12.1 Å². The van der Waals surface area contributed by atoms with Crippen LogP contribution in [0, 0.1) is 0 Å². The van der Waals surface area contributed by atoms with E-state index in [1.165, 1.54) is 19.3 Å². The van der Waals surface area contributed by atoms with E-state index >= 15 is 0 Å². The first-order valence-electron chi connectivity index (χ1n) is 8.33. The highest BCUT2D eigenvalue weighted by atomic mass is 16.3. The number of carbonyl (C=O) groups is 1. The Balaban J connectivity index is 1.89. The van der Waals surface area contributed by atoms with Crippen molar-refractivity contribution in [3.8, 4) is 11.4 Å². The first kappa shape index (κ1) is 15.0. The second-order valence-corrected chi connectivity index (χ2v) is 6.29. The quantitative estimate of drug-likeness (QED) is 0.439. The zero-order valence-electron chi connectivity index (χ0n) is 13.4. The monoisotopic (exact) mass is 324 g/mol. The maximum absolute atomic E-state index is 11.8. The molecule has 24 heavy (non-hydrogen) atoms. The molecule has 1 amide bonds. The van der Waals surface area contributed by atoms with Crippen LogP contribution < -0.4 is 11.3 Å². The summed E-state index contributed by atoms with van der Waals surface area (Å²) < 4.78 is 7.56. The molecule has 1 aliphatic rings. The molecule has 6 nitrogen and oxygen atoms in total. The molecule has 0 saturated heterocycles. The van der Waals surface area contributed by atoms with Crippen LogP contribution in [0.15, 0.2) is 41.2 Å². The largest absolute Gasteiger partial charge is 0.472 e. The highest BCUT2D eigenvalue weighted by Crippen LogP contribution is 2.36. The molecule has 0 atom stereocenters. The lowest BCUT2D eigenvalue weighted by Crippen LogP contribution is -2.29. The summed E-state index contributed by atoms with van der Waals surface area (Å²) in [4.78, 5) is 16.6. The number of carbonyl (C=O) groups excluding carboxylic acids is 1. The minimum absolute atomic E-state index is 0.311. The number of fused-ring (bicyclic) bond motifs is 1. The van der Waals surface area contributed by atoms with Gasteiger partial charge in [-0.25, -0.2) is 10.8 Å². The summed E-state index contributed by atoms with van der Waals surface area (Å²) in [7, 11) is 0. The van der Waals surface area contributed by atoms with Crippen molar-refractivity contribution in [2.24, 2.45) is 5.84 Å². The SMILES string of the molecule is NNC(=O)c1ccc2c(c1)nc(-c1ccoc1)n2C1CCCCC1. The highest BCUT2D eigenvalue weighted by Gasteiger charge is 2.23. The maximum Gasteiger partial charge on any atom is 0.265 e. The number of aromatic nitrogens is 2. The number of hydrazine groups is 1. The van der Waals surface area contributed by atoms with Crippen LogP contribution in [-0.2, 0) is 0 Å². The van der Waals surface area contributed by atoms with Gasteiger partial charge in [-0.05, 0) is 37.1 Å². The van der Waals surface area contributed by atoms with Gasteiger partial charge in [0.05, 0.1) is 22.9 Å². The number of benzene rings is 1. The van der Waals surface area contributed by atoms with E-state index in [0.29, 0.717) is 11.6 Å². The van der Waals surface area contributed by atoms with Crippen LogP contribution in [-0.4, -0.2) is 15.5 Å². The maximum atomic E-state index is 11.8. The first-order chi connectivity index (χ1) is 11.8. The molecule has 1 aromatic carbocycles. The fourth-order valence-electron chi connectivity index (χ4n) is 3.63. The van der Waals surface area contributed by atoms with Gasteiger partial charge in [-0.2, -0.15) is 0 Å². The smallest absolute Gasteiger partial charge is 0.265 e. The fraction of sp³-hybridized carbons (Fsp3) is 0.333. The fourth-order valence-corrected chi connectivity index (χ4v) is 3.63. The Bertz CT molecular complexity index is 861. The molecular weight excluding hydrogens is 304 g/mol. The third-order valence-corrected chi connectivity index (χ3v) is 4.80. The van der Waals surface area contributed by atoms with Crippen LogP contribution in [0.4, 0.5) is 0 Å². The van der Waals surface area contributed by atoms with Crippen molar-refractivity contribution in [3.63, 3.8) is 0 Å². The lowest BCUT2D eigenvalue weighted by atomic mass is 9.95. The van der Waals surface area contributed by atoms with Gasteiger partial charge in [-0.3, -0.25) is 10.2 Å². The van der Waals surface area contributed by atoms with Crippen LogP contribution >= 0.6 is 0 Å². The number of nitrogen functional groups attached to an aromatic ring is 1. The van der Waals surface area contributed by atoms with Crippen LogP contribution in [0.3, 0.4) is 0 Å². The van der Waals surface area contributed by atoms with E-state index < -0.39 is 0 Å². The van der Waals surface area contributed by atoms with Crippen LogP contribution in [0.5, 0.6) is 0 Å². The minimum Gasteiger partial charge on any atom is -0.472 e. The second kappa shape index (κ2) is 6.13. The van der Waals surface area contributed by atoms with Gasteiger partial charge in [-0.15, -0.1) is 0 Å². The summed E-state index contributed by atoms with van der Waals surface area (Å²) in [5.74, 6) is 5.83. The highest BCUT2D eigenvalue weighted by molar-refractivity contribution is 5.97. The van der Waals surface area contributed by atoms with Crippen LogP contribution in [0.25, 0.3) is 22.4 Å². The molecule has 0 aliphatic heterocycles. The standard InChI is InChI=1S/C18H20N4O2/c19-21-18(23)12-6-7-16-15(10-12)20-17(13-8-9-24-11-13)22(16)14-4-2-1-3-5-14/h6-11,14H,1-5,19H2,(H,21,23). The molecule has 6 heteroatoms. The van der Waals surface area contributed by atoms with Gasteiger partial charge < -0.3 is 8.98 Å². The Morgan fingerprint density at radius 2 is 2.08 bits per heavy atom. The lowest BCUT2D eigenvalue weighted by Gasteiger charge is -2.25. The van der Waals surface area contributed by atoms with Crippen molar-refractivity contribution in [1.29, 1.82) is 0 Å². The Hall–Kier alpha value is -2.60. The molecule has 0 unspecified atom stereocenters. The second-order valence-electron chi connectivity index (χ2n) is 6.29. The summed E-state index contributed by atoms with van der Waals surface area (Å²) in [6.07, 6.45) is 9.46. The van der Waals surface area contributed by atoms with Crippen LogP contribution in [0.1, 0.15) is 48.5 Å². The molecule has 2 aromatic heterocycles. The number of amides is 1. The third kappa shape index (κ3) is 2.49. The van der Waals surface area contributed by atoms with Gasteiger partial charge >= 0.3 is 0 Å². The molecular formula is C18H20N4O2. The zero-order chi connectivity index (χ0) is 16.5. The van der Waals surface area contributed by atoms with E-state index in [1.54, 1.807) is 24.7 Å². The molecule has 0 bridgehead atoms. The molecule has 4 rings (SSSR count). The summed E-state index contributed by atoms with van der Waals surface area (Å²) in [6.45, 7) is 0. The van der Waals surface area contributed by atoms with Gasteiger partial charge in [0.15, 0.2) is 0 Å². The molecule has 3 N–H and O–H groups in total. The average Bonchev–Trinajstić information content (AvgIpc) is 3.28. The predicted molar refractivity (Wildman–Crippen MR) is 91.2 cm³/mol. The van der Waals surface area contributed by atoms with E-state index in [2.05, 4.69) is 9.99 Å². The van der Waals surface area contributed by atoms with Crippen molar-refractivity contribution < 1.29 is 9.21 Å². The van der Waals surface area contributed by atoms with Crippen molar-refractivity contribution in [2.45, 2.75) is 38.1 Å². The molecule has 1 aliphatic carbocycles. The lowest BCUT2D eigenvalue weighted by molar-refractivity contribution is 0.0954. The van der Waals surface area contributed by atoms with Crippen molar-refractivity contribution in [1.82, 2.24) is 15.0 Å². The molecule has 0 spiro atoms.